The molecule has 176 valence electrons. The molecule has 2 fully saturated rings. The van der Waals surface area contributed by atoms with Crippen molar-refractivity contribution in [3.63, 3.8) is 0 Å². The SMILES string of the molecule is O=C(Oc1ccc(Br)cc1/C=C1\SC(=O)N(CC(=O)N2CCOCC2)C1=O)c1ccc(Cl)cc1. The van der Waals surface area contributed by atoms with Crippen LogP contribution in [0, 0.1) is 0 Å². The second-order valence-electron chi connectivity index (χ2n) is 7.34. The summed E-state index contributed by atoms with van der Waals surface area (Å²) in [5.74, 6) is -1.28. The minimum absolute atomic E-state index is 0.127. The van der Waals surface area contributed by atoms with Gasteiger partial charge in [0.05, 0.1) is 23.7 Å². The number of hydrogen-bond acceptors (Lipinski definition) is 7. The molecular weight excluding hydrogens is 548 g/mol. The molecule has 2 aromatic rings. The van der Waals surface area contributed by atoms with Crippen molar-refractivity contribution >= 4 is 68.4 Å². The molecule has 0 N–H and O–H groups in total. The molecule has 3 amide bonds. The molecule has 2 aromatic carbocycles. The average molecular weight is 566 g/mol. The van der Waals surface area contributed by atoms with E-state index < -0.39 is 17.1 Å². The van der Waals surface area contributed by atoms with Gasteiger partial charge in [-0.3, -0.25) is 19.3 Å². The Morgan fingerprint density at radius 1 is 1.12 bits per heavy atom. The van der Waals surface area contributed by atoms with E-state index in [-0.39, 0.29) is 23.1 Å². The van der Waals surface area contributed by atoms with Crippen LogP contribution in [0.5, 0.6) is 5.75 Å². The Hall–Kier alpha value is -2.66. The summed E-state index contributed by atoms with van der Waals surface area (Å²) in [5, 5.41) is -0.0451. The molecule has 0 radical (unpaired) electrons. The summed E-state index contributed by atoms with van der Waals surface area (Å²) >= 11 is 9.96. The van der Waals surface area contributed by atoms with Crippen molar-refractivity contribution in [3.8, 4) is 5.75 Å². The number of hydrogen-bond donors (Lipinski definition) is 0. The van der Waals surface area contributed by atoms with Crippen LogP contribution in [-0.4, -0.2) is 65.7 Å². The van der Waals surface area contributed by atoms with E-state index in [1.807, 2.05) is 0 Å². The molecule has 0 spiro atoms. The van der Waals surface area contributed by atoms with Gasteiger partial charge in [0.25, 0.3) is 11.1 Å². The van der Waals surface area contributed by atoms with E-state index >= 15 is 0 Å². The van der Waals surface area contributed by atoms with Crippen molar-refractivity contribution in [1.82, 2.24) is 9.80 Å². The molecule has 0 saturated carbocycles. The highest BCUT2D eigenvalue weighted by molar-refractivity contribution is 9.10. The standard InChI is InChI=1S/C23H18BrClN2O6S/c24-16-3-6-18(33-22(30)14-1-4-17(25)5-2-14)15(11-16)12-19-21(29)27(23(31)34-19)13-20(28)26-7-9-32-10-8-26/h1-6,11-12H,7-10,13H2/b19-12-. The fourth-order valence-corrected chi connectivity index (χ4v) is 4.63. The van der Waals surface area contributed by atoms with Crippen molar-refractivity contribution in [2.75, 3.05) is 32.8 Å². The average Bonchev–Trinajstić information content (AvgIpc) is 3.09. The number of carbonyl (C=O) groups is 4. The normalized spacial score (nSPS) is 17.4. The van der Waals surface area contributed by atoms with Crippen molar-refractivity contribution in [2.24, 2.45) is 0 Å². The molecule has 0 aliphatic carbocycles. The predicted molar refractivity (Wildman–Crippen MR) is 131 cm³/mol. The quantitative estimate of drug-likeness (QED) is 0.304. The van der Waals surface area contributed by atoms with E-state index in [1.54, 1.807) is 47.4 Å². The van der Waals surface area contributed by atoms with Gasteiger partial charge in [-0.15, -0.1) is 0 Å². The zero-order valence-electron chi connectivity index (χ0n) is 17.7. The summed E-state index contributed by atoms with van der Waals surface area (Å²) in [6, 6.07) is 11.2. The number of esters is 1. The van der Waals surface area contributed by atoms with Gasteiger partial charge in [0, 0.05) is 28.1 Å². The first kappa shape index (κ1) is 24.5. The summed E-state index contributed by atoms with van der Waals surface area (Å²) in [7, 11) is 0. The lowest BCUT2D eigenvalue weighted by atomic mass is 10.1. The molecule has 8 nitrogen and oxygen atoms in total. The molecule has 2 aliphatic heterocycles. The molecule has 11 heteroatoms. The second-order valence-corrected chi connectivity index (χ2v) is 9.68. The summed E-state index contributed by atoms with van der Waals surface area (Å²) in [5.41, 5.74) is 0.724. The van der Waals surface area contributed by atoms with E-state index in [0.717, 1.165) is 16.7 Å². The largest absolute Gasteiger partial charge is 0.422 e. The Morgan fingerprint density at radius 3 is 2.53 bits per heavy atom. The molecular formula is C23H18BrClN2O6S. The minimum Gasteiger partial charge on any atom is -0.422 e. The second kappa shape index (κ2) is 10.7. The maximum absolute atomic E-state index is 12.9. The monoisotopic (exact) mass is 564 g/mol. The Morgan fingerprint density at radius 2 is 1.82 bits per heavy atom. The highest BCUT2D eigenvalue weighted by atomic mass is 79.9. The van der Waals surface area contributed by atoms with E-state index in [1.165, 1.54) is 6.08 Å². The number of ether oxygens (including phenoxy) is 2. The third-order valence-corrected chi connectivity index (χ3v) is 6.72. The summed E-state index contributed by atoms with van der Waals surface area (Å²) in [4.78, 5) is 53.1. The topological polar surface area (TPSA) is 93.2 Å². The number of carbonyl (C=O) groups excluding carboxylic acids is 4. The maximum Gasteiger partial charge on any atom is 0.343 e. The van der Waals surface area contributed by atoms with Crippen LogP contribution in [0.2, 0.25) is 5.02 Å². The smallest absolute Gasteiger partial charge is 0.343 e. The van der Waals surface area contributed by atoms with Crippen LogP contribution in [-0.2, 0) is 14.3 Å². The van der Waals surface area contributed by atoms with Crippen molar-refractivity contribution in [3.05, 3.63) is 68.0 Å². The summed E-state index contributed by atoms with van der Waals surface area (Å²) < 4.78 is 11.4. The van der Waals surface area contributed by atoms with Gasteiger partial charge >= 0.3 is 5.97 Å². The molecule has 4 rings (SSSR count). The number of halogens is 2. The molecule has 2 aliphatic rings. The lowest BCUT2D eigenvalue weighted by Gasteiger charge is -2.28. The van der Waals surface area contributed by atoms with Gasteiger partial charge in [-0.1, -0.05) is 27.5 Å². The molecule has 0 atom stereocenters. The Bertz CT molecular complexity index is 1180. The third kappa shape index (κ3) is 5.69. The third-order valence-electron chi connectivity index (χ3n) is 5.07. The van der Waals surface area contributed by atoms with Crippen LogP contribution in [0.1, 0.15) is 15.9 Å². The highest BCUT2D eigenvalue weighted by Crippen LogP contribution is 2.35. The predicted octanol–water partition coefficient (Wildman–Crippen LogP) is 4.22. The first-order chi connectivity index (χ1) is 16.3. The number of morpholine rings is 1. The van der Waals surface area contributed by atoms with Crippen LogP contribution in [0.3, 0.4) is 0 Å². The first-order valence-corrected chi connectivity index (χ1v) is 12.2. The first-order valence-electron chi connectivity index (χ1n) is 10.2. The number of amides is 3. The molecule has 0 unspecified atom stereocenters. The van der Waals surface area contributed by atoms with Crippen molar-refractivity contribution < 1.29 is 28.7 Å². The Balaban J connectivity index is 1.52. The van der Waals surface area contributed by atoms with Gasteiger partial charge in [-0.25, -0.2) is 4.79 Å². The lowest BCUT2D eigenvalue weighted by Crippen LogP contribution is -2.46. The molecule has 0 bridgehead atoms. The van der Waals surface area contributed by atoms with Crippen molar-refractivity contribution in [1.29, 1.82) is 0 Å². The Labute approximate surface area is 212 Å². The molecule has 2 heterocycles. The number of benzene rings is 2. The zero-order valence-corrected chi connectivity index (χ0v) is 20.8. The van der Waals surface area contributed by atoms with Crippen LogP contribution in [0.25, 0.3) is 6.08 Å². The number of nitrogens with zero attached hydrogens (tertiary/aromatic N) is 2. The van der Waals surface area contributed by atoms with Gasteiger partial charge < -0.3 is 14.4 Å². The van der Waals surface area contributed by atoms with E-state index in [2.05, 4.69) is 15.9 Å². The van der Waals surface area contributed by atoms with E-state index in [0.29, 0.717) is 46.9 Å². The van der Waals surface area contributed by atoms with Crippen molar-refractivity contribution in [2.45, 2.75) is 0 Å². The van der Waals surface area contributed by atoms with Crippen LogP contribution >= 0.6 is 39.3 Å². The number of thioether (sulfide) groups is 1. The van der Waals surface area contributed by atoms with Gasteiger partial charge in [-0.05, 0) is 60.3 Å². The van der Waals surface area contributed by atoms with Gasteiger partial charge in [0.15, 0.2) is 0 Å². The zero-order chi connectivity index (χ0) is 24.2. The van der Waals surface area contributed by atoms with E-state index in [9.17, 15) is 19.2 Å². The van der Waals surface area contributed by atoms with Gasteiger partial charge in [0.2, 0.25) is 5.91 Å². The summed E-state index contributed by atoms with van der Waals surface area (Å²) in [6.07, 6.45) is 1.47. The van der Waals surface area contributed by atoms with Crippen LogP contribution in [0.4, 0.5) is 4.79 Å². The van der Waals surface area contributed by atoms with Crippen LogP contribution < -0.4 is 4.74 Å². The molecule has 0 aromatic heterocycles. The number of imide groups is 1. The fraction of sp³-hybridized carbons (Fsp3) is 0.217. The number of rotatable bonds is 5. The van der Waals surface area contributed by atoms with E-state index in [4.69, 9.17) is 21.1 Å². The fourth-order valence-electron chi connectivity index (χ4n) is 3.30. The van der Waals surface area contributed by atoms with Gasteiger partial charge in [-0.2, -0.15) is 0 Å². The highest BCUT2D eigenvalue weighted by Gasteiger charge is 2.37. The molecule has 2 saturated heterocycles. The molecule has 34 heavy (non-hydrogen) atoms. The lowest BCUT2D eigenvalue weighted by molar-refractivity contribution is -0.139. The maximum atomic E-state index is 12.9. The summed E-state index contributed by atoms with van der Waals surface area (Å²) in [6.45, 7) is 1.36. The minimum atomic E-state index is -0.599. The van der Waals surface area contributed by atoms with Gasteiger partial charge in [0.1, 0.15) is 12.3 Å². The Kier molecular flexibility index (Phi) is 7.72. The van der Waals surface area contributed by atoms with Crippen LogP contribution in [0.15, 0.2) is 51.8 Å².